The smallest absolute Gasteiger partial charge is 0.156 e. The van der Waals surface area contributed by atoms with Crippen LogP contribution in [0.25, 0.3) is 0 Å². The van der Waals surface area contributed by atoms with Crippen molar-refractivity contribution in [3.05, 3.63) is 0 Å². The van der Waals surface area contributed by atoms with Gasteiger partial charge in [0.2, 0.25) is 0 Å². The summed E-state index contributed by atoms with van der Waals surface area (Å²) in [6.07, 6.45) is 4.44. The van der Waals surface area contributed by atoms with E-state index in [1.54, 1.807) is 0 Å². The fourth-order valence-electron chi connectivity index (χ4n) is 0.881. The van der Waals surface area contributed by atoms with Gasteiger partial charge in [-0.3, -0.25) is 0 Å². The quantitative estimate of drug-likeness (QED) is 0.189. The first-order valence-electron chi connectivity index (χ1n) is 4.42. The number of oxime groups is 1. The number of thioether (sulfide) groups is 1. The van der Waals surface area contributed by atoms with Gasteiger partial charge in [-0.1, -0.05) is 5.16 Å². The number of amidine groups is 1. The van der Waals surface area contributed by atoms with Gasteiger partial charge in [0, 0.05) is 0 Å². The minimum Gasteiger partial charge on any atom is -0.409 e. The maximum Gasteiger partial charge on any atom is 0.156 e. The summed E-state index contributed by atoms with van der Waals surface area (Å²) in [6, 6.07) is -0.0423. The van der Waals surface area contributed by atoms with Crippen LogP contribution in [0.15, 0.2) is 5.16 Å². The zero-order valence-corrected chi connectivity index (χ0v) is 9.10. The lowest BCUT2D eigenvalue weighted by atomic mass is 10.3. The largest absolute Gasteiger partial charge is 0.409 e. The maximum absolute atomic E-state index is 8.37. The predicted octanol–water partition coefficient (Wildman–Crippen LogP) is 0.854. The molecule has 13 heavy (non-hydrogen) atoms. The summed E-state index contributed by atoms with van der Waals surface area (Å²) in [7, 11) is 0. The number of unbranched alkanes of at least 4 members (excludes halogenated alkanes) is 1. The van der Waals surface area contributed by atoms with Crippen LogP contribution in [0, 0.1) is 0 Å². The highest BCUT2D eigenvalue weighted by molar-refractivity contribution is 7.98. The van der Waals surface area contributed by atoms with Gasteiger partial charge < -0.3 is 16.3 Å². The molecule has 4 N–H and O–H groups in total. The van der Waals surface area contributed by atoms with Gasteiger partial charge in [-0.2, -0.15) is 11.8 Å². The number of nitrogens with two attached hydrogens (primary N) is 1. The molecule has 4 nitrogen and oxygen atoms in total. The standard InChI is InChI=1S/C8H19N3OS/c1-7(8(9)11-12)10-5-3-4-6-13-2/h7,10,12H,3-6H2,1-2H3,(H2,9,11). The van der Waals surface area contributed by atoms with E-state index < -0.39 is 0 Å². The Labute approximate surface area is 84.0 Å². The third-order valence-corrected chi connectivity index (χ3v) is 2.48. The third-order valence-electron chi connectivity index (χ3n) is 1.78. The Morgan fingerprint density at radius 1 is 1.62 bits per heavy atom. The summed E-state index contributed by atoms with van der Waals surface area (Å²) in [5, 5.41) is 14.5. The second kappa shape index (κ2) is 8.19. The van der Waals surface area contributed by atoms with E-state index >= 15 is 0 Å². The number of nitrogens with zero attached hydrogens (tertiary/aromatic N) is 1. The molecule has 0 saturated heterocycles. The first-order valence-corrected chi connectivity index (χ1v) is 5.81. The van der Waals surface area contributed by atoms with E-state index in [0.717, 1.165) is 13.0 Å². The molecule has 0 bridgehead atoms. The molecular weight excluding hydrogens is 186 g/mol. The van der Waals surface area contributed by atoms with Crippen molar-refractivity contribution in [3.63, 3.8) is 0 Å². The zero-order chi connectivity index (χ0) is 10.1. The molecule has 0 aliphatic rings. The number of rotatable bonds is 7. The van der Waals surface area contributed by atoms with Crippen molar-refractivity contribution in [2.75, 3.05) is 18.6 Å². The molecule has 0 fully saturated rings. The van der Waals surface area contributed by atoms with E-state index in [2.05, 4.69) is 16.7 Å². The fraction of sp³-hybridized carbons (Fsp3) is 0.875. The van der Waals surface area contributed by atoms with Crippen molar-refractivity contribution in [2.24, 2.45) is 10.9 Å². The summed E-state index contributed by atoms with van der Waals surface area (Å²) < 4.78 is 0. The minimum absolute atomic E-state index is 0.0423. The molecule has 0 saturated carbocycles. The predicted molar refractivity (Wildman–Crippen MR) is 58.5 cm³/mol. The van der Waals surface area contributed by atoms with Crippen molar-refractivity contribution < 1.29 is 5.21 Å². The van der Waals surface area contributed by atoms with Gasteiger partial charge in [0.15, 0.2) is 5.84 Å². The molecule has 1 unspecified atom stereocenters. The molecule has 5 heteroatoms. The first kappa shape index (κ1) is 12.6. The molecule has 0 rings (SSSR count). The lowest BCUT2D eigenvalue weighted by molar-refractivity contribution is 0.315. The van der Waals surface area contributed by atoms with Gasteiger partial charge in [-0.25, -0.2) is 0 Å². The van der Waals surface area contributed by atoms with Crippen molar-refractivity contribution in [1.82, 2.24) is 5.32 Å². The summed E-state index contributed by atoms with van der Waals surface area (Å²) in [4.78, 5) is 0. The summed E-state index contributed by atoms with van der Waals surface area (Å²) in [5.41, 5.74) is 5.39. The van der Waals surface area contributed by atoms with E-state index in [1.165, 1.54) is 12.2 Å². The third kappa shape index (κ3) is 6.72. The Kier molecular flexibility index (Phi) is 7.93. The SMILES string of the molecule is CSCCCCNC(C)C(N)=NO. The summed E-state index contributed by atoms with van der Waals surface area (Å²) in [6.45, 7) is 2.79. The molecule has 0 aliphatic carbocycles. The highest BCUT2D eigenvalue weighted by Gasteiger charge is 2.04. The van der Waals surface area contributed by atoms with Crippen molar-refractivity contribution in [3.8, 4) is 0 Å². The van der Waals surface area contributed by atoms with Crippen LogP contribution in [0.5, 0.6) is 0 Å². The maximum atomic E-state index is 8.37. The van der Waals surface area contributed by atoms with Gasteiger partial charge in [0.05, 0.1) is 6.04 Å². The molecule has 78 valence electrons. The molecule has 0 heterocycles. The van der Waals surface area contributed by atoms with Crippen molar-refractivity contribution in [1.29, 1.82) is 0 Å². The van der Waals surface area contributed by atoms with Crippen LogP contribution in [-0.4, -0.2) is 35.6 Å². The highest BCUT2D eigenvalue weighted by atomic mass is 32.2. The normalized spacial score (nSPS) is 14.5. The van der Waals surface area contributed by atoms with Crippen LogP contribution in [0.3, 0.4) is 0 Å². The van der Waals surface area contributed by atoms with Gasteiger partial charge in [0.1, 0.15) is 0 Å². The van der Waals surface area contributed by atoms with Gasteiger partial charge in [-0.05, 0) is 38.3 Å². The molecule has 0 aliphatic heterocycles. The topological polar surface area (TPSA) is 70.6 Å². The molecule has 1 atom stereocenters. The summed E-state index contributed by atoms with van der Waals surface area (Å²) >= 11 is 1.86. The second-order valence-electron chi connectivity index (χ2n) is 2.90. The molecule has 0 aromatic heterocycles. The Bertz CT molecular complexity index is 152. The number of nitrogens with one attached hydrogen (secondary N) is 1. The lowest BCUT2D eigenvalue weighted by Gasteiger charge is -2.11. The van der Waals surface area contributed by atoms with E-state index in [0.29, 0.717) is 0 Å². The van der Waals surface area contributed by atoms with Crippen LogP contribution in [0.2, 0.25) is 0 Å². The Morgan fingerprint density at radius 3 is 2.85 bits per heavy atom. The van der Waals surface area contributed by atoms with Crippen LogP contribution in [-0.2, 0) is 0 Å². The molecule has 0 spiro atoms. The van der Waals surface area contributed by atoms with E-state index in [4.69, 9.17) is 10.9 Å². The summed E-state index contributed by atoms with van der Waals surface area (Å²) in [5.74, 6) is 1.43. The van der Waals surface area contributed by atoms with Crippen molar-refractivity contribution >= 4 is 17.6 Å². The van der Waals surface area contributed by atoms with Crippen LogP contribution < -0.4 is 11.1 Å². The van der Waals surface area contributed by atoms with Crippen LogP contribution in [0.4, 0.5) is 0 Å². The molecule has 0 aromatic rings. The van der Waals surface area contributed by atoms with Crippen LogP contribution >= 0.6 is 11.8 Å². The zero-order valence-electron chi connectivity index (χ0n) is 8.29. The Balaban J connectivity index is 3.32. The molecule has 0 amide bonds. The van der Waals surface area contributed by atoms with Gasteiger partial charge >= 0.3 is 0 Å². The minimum atomic E-state index is -0.0423. The van der Waals surface area contributed by atoms with E-state index in [-0.39, 0.29) is 11.9 Å². The number of hydrogen-bond acceptors (Lipinski definition) is 4. The molecular formula is C8H19N3OS. The number of hydrogen-bond donors (Lipinski definition) is 3. The monoisotopic (exact) mass is 205 g/mol. The molecule has 0 radical (unpaired) electrons. The van der Waals surface area contributed by atoms with Gasteiger partial charge in [0.25, 0.3) is 0 Å². The lowest BCUT2D eigenvalue weighted by Crippen LogP contribution is -2.39. The van der Waals surface area contributed by atoms with Crippen LogP contribution in [0.1, 0.15) is 19.8 Å². The van der Waals surface area contributed by atoms with E-state index in [9.17, 15) is 0 Å². The Morgan fingerprint density at radius 2 is 2.31 bits per heavy atom. The van der Waals surface area contributed by atoms with Gasteiger partial charge in [-0.15, -0.1) is 0 Å². The van der Waals surface area contributed by atoms with Crippen molar-refractivity contribution in [2.45, 2.75) is 25.8 Å². The molecule has 0 aromatic carbocycles. The van der Waals surface area contributed by atoms with E-state index in [1.807, 2.05) is 18.7 Å². The average molecular weight is 205 g/mol. The average Bonchev–Trinajstić information content (AvgIpc) is 2.16. The first-order chi connectivity index (χ1) is 6.22. The fourth-order valence-corrected chi connectivity index (χ4v) is 1.37. The Hall–Kier alpha value is -0.420. The highest BCUT2D eigenvalue weighted by Crippen LogP contribution is 1.98. The second-order valence-corrected chi connectivity index (χ2v) is 3.89.